The maximum Gasteiger partial charge on any atom is 0.221 e. The normalized spacial score (nSPS) is 27.4. The van der Waals surface area contributed by atoms with Gasteiger partial charge in [-0.3, -0.25) is 0 Å². The SMILES string of the molecule is CC(C)(C)O[Si@@]1(C)CCC[Si@](C)(c2ccccc2)c2ccccc21. The molecule has 0 saturated carbocycles. The van der Waals surface area contributed by atoms with Crippen LogP contribution in [0.15, 0.2) is 54.6 Å². The van der Waals surface area contributed by atoms with Crippen molar-refractivity contribution in [3.05, 3.63) is 54.6 Å². The molecular formula is C21H30OSi2. The van der Waals surface area contributed by atoms with Crippen LogP contribution < -0.4 is 15.6 Å². The molecule has 3 rings (SSSR count). The fourth-order valence-corrected chi connectivity index (χ4v) is 13.9. The van der Waals surface area contributed by atoms with Crippen LogP contribution in [0, 0.1) is 0 Å². The zero-order chi connectivity index (χ0) is 17.4. The van der Waals surface area contributed by atoms with E-state index in [1.807, 2.05) is 0 Å². The van der Waals surface area contributed by atoms with Gasteiger partial charge in [-0.05, 0) is 44.6 Å². The van der Waals surface area contributed by atoms with E-state index in [9.17, 15) is 0 Å². The molecule has 0 aliphatic carbocycles. The summed E-state index contributed by atoms with van der Waals surface area (Å²) < 4.78 is 6.76. The van der Waals surface area contributed by atoms with Crippen molar-refractivity contribution in [1.82, 2.24) is 0 Å². The summed E-state index contributed by atoms with van der Waals surface area (Å²) in [4.78, 5) is 0. The lowest BCUT2D eigenvalue weighted by Crippen LogP contribution is -2.65. The molecule has 0 unspecified atom stereocenters. The van der Waals surface area contributed by atoms with Gasteiger partial charge in [0.25, 0.3) is 0 Å². The first-order chi connectivity index (χ1) is 11.2. The van der Waals surface area contributed by atoms with Crippen molar-refractivity contribution >= 4 is 32.0 Å². The fraction of sp³-hybridized carbons (Fsp3) is 0.429. The summed E-state index contributed by atoms with van der Waals surface area (Å²) in [6.45, 7) is 11.6. The molecule has 1 aliphatic heterocycles. The van der Waals surface area contributed by atoms with E-state index in [4.69, 9.17) is 4.43 Å². The van der Waals surface area contributed by atoms with Gasteiger partial charge in [0.2, 0.25) is 8.32 Å². The molecule has 0 radical (unpaired) electrons. The van der Waals surface area contributed by atoms with Crippen molar-refractivity contribution in [2.75, 3.05) is 0 Å². The third-order valence-corrected chi connectivity index (χ3v) is 14.1. The van der Waals surface area contributed by atoms with Crippen molar-refractivity contribution in [1.29, 1.82) is 0 Å². The zero-order valence-electron chi connectivity index (χ0n) is 15.7. The van der Waals surface area contributed by atoms with Crippen LogP contribution in [0.1, 0.15) is 27.2 Å². The van der Waals surface area contributed by atoms with Crippen molar-refractivity contribution in [2.45, 2.75) is 58.0 Å². The Morgan fingerprint density at radius 1 is 0.792 bits per heavy atom. The monoisotopic (exact) mass is 354 g/mol. The Bertz CT molecular complexity index is 707. The van der Waals surface area contributed by atoms with Crippen LogP contribution in [0.5, 0.6) is 0 Å². The molecular weight excluding hydrogens is 324 g/mol. The van der Waals surface area contributed by atoms with Crippen LogP contribution in [-0.2, 0) is 4.43 Å². The zero-order valence-corrected chi connectivity index (χ0v) is 17.7. The fourth-order valence-electron chi connectivity index (χ4n) is 4.36. The molecule has 3 heteroatoms. The van der Waals surface area contributed by atoms with Gasteiger partial charge in [0.1, 0.15) is 8.07 Å². The van der Waals surface area contributed by atoms with E-state index in [1.165, 1.54) is 18.5 Å². The van der Waals surface area contributed by atoms with E-state index in [0.717, 1.165) is 0 Å². The first kappa shape index (κ1) is 17.7. The lowest BCUT2D eigenvalue weighted by atomic mass is 10.2. The summed E-state index contributed by atoms with van der Waals surface area (Å²) in [6, 6.07) is 23.0. The van der Waals surface area contributed by atoms with Crippen molar-refractivity contribution in [3.63, 3.8) is 0 Å². The van der Waals surface area contributed by atoms with Gasteiger partial charge in [-0.15, -0.1) is 0 Å². The van der Waals surface area contributed by atoms with Crippen molar-refractivity contribution in [2.24, 2.45) is 0 Å². The predicted molar refractivity (Wildman–Crippen MR) is 110 cm³/mol. The van der Waals surface area contributed by atoms with Crippen LogP contribution in [0.2, 0.25) is 25.2 Å². The molecule has 2 atom stereocenters. The maximum atomic E-state index is 6.76. The summed E-state index contributed by atoms with van der Waals surface area (Å²) in [5.74, 6) is 0. The van der Waals surface area contributed by atoms with Gasteiger partial charge in [0.15, 0.2) is 0 Å². The first-order valence-electron chi connectivity index (χ1n) is 9.10. The van der Waals surface area contributed by atoms with Gasteiger partial charge in [-0.2, -0.15) is 0 Å². The second kappa shape index (κ2) is 6.28. The molecule has 2 aromatic carbocycles. The summed E-state index contributed by atoms with van der Waals surface area (Å²) in [6.07, 6.45) is 1.28. The summed E-state index contributed by atoms with van der Waals surface area (Å²) in [7, 11) is -3.62. The van der Waals surface area contributed by atoms with E-state index in [2.05, 4.69) is 88.5 Å². The second-order valence-corrected chi connectivity index (χ2v) is 16.5. The van der Waals surface area contributed by atoms with E-state index in [1.54, 1.807) is 15.6 Å². The van der Waals surface area contributed by atoms with Crippen LogP contribution in [-0.4, -0.2) is 22.0 Å². The van der Waals surface area contributed by atoms with Crippen LogP contribution in [0.4, 0.5) is 0 Å². The first-order valence-corrected chi connectivity index (χ1v) is 14.4. The van der Waals surface area contributed by atoms with Crippen LogP contribution >= 0.6 is 0 Å². The highest BCUT2D eigenvalue weighted by molar-refractivity contribution is 7.06. The molecule has 0 aromatic heterocycles. The Labute approximate surface area is 149 Å². The Balaban J connectivity index is 2.16. The van der Waals surface area contributed by atoms with Gasteiger partial charge in [0.05, 0.1) is 0 Å². The Morgan fingerprint density at radius 2 is 1.38 bits per heavy atom. The van der Waals surface area contributed by atoms with Gasteiger partial charge in [0, 0.05) is 5.60 Å². The van der Waals surface area contributed by atoms with Gasteiger partial charge < -0.3 is 4.43 Å². The number of hydrogen-bond donors (Lipinski definition) is 0. The third-order valence-electron chi connectivity index (χ3n) is 5.36. The van der Waals surface area contributed by atoms with Gasteiger partial charge in [-0.25, -0.2) is 0 Å². The van der Waals surface area contributed by atoms with E-state index in [0.29, 0.717) is 0 Å². The maximum absolute atomic E-state index is 6.76. The van der Waals surface area contributed by atoms with E-state index >= 15 is 0 Å². The lowest BCUT2D eigenvalue weighted by molar-refractivity contribution is 0.123. The average molecular weight is 355 g/mol. The number of hydrogen-bond acceptors (Lipinski definition) is 1. The minimum atomic E-state index is -1.93. The smallest absolute Gasteiger partial charge is 0.221 e. The Hall–Kier alpha value is -1.17. The second-order valence-electron chi connectivity index (χ2n) is 8.54. The highest BCUT2D eigenvalue weighted by Gasteiger charge is 2.45. The molecule has 0 fully saturated rings. The highest BCUT2D eigenvalue weighted by atomic mass is 28.4. The minimum absolute atomic E-state index is 0.0802. The molecule has 1 nitrogen and oxygen atoms in total. The molecule has 24 heavy (non-hydrogen) atoms. The summed E-state index contributed by atoms with van der Waals surface area (Å²) in [5, 5.41) is 4.73. The lowest BCUT2D eigenvalue weighted by Gasteiger charge is -2.37. The summed E-state index contributed by atoms with van der Waals surface area (Å²) >= 11 is 0. The molecule has 2 aromatic rings. The summed E-state index contributed by atoms with van der Waals surface area (Å²) in [5.41, 5.74) is -0.0802. The molecule has 1 heterocycles. The third kappa shape index (κ3) is 3.30. The quantitative estimate of drug-likeness (QED) is 0.744. The predicted octanol–water partition coefficient (Wildman–Crippen LogP) is 3.88. The van der Waals surface area contributed by atoms with Crippen LogP contribution in [0.25, 0.3) is 0 Å². The minimum Gasteiger partial charge on any atom is -0.408 e. The topological polar surface area (TPSA) is 9.23 Å². The van der Waals surface area contributed by atoms with Crippen molar-refractivity contribution < 1.29 is 4.43 Å². The molecule has 0 spiro atoms. The van der Waals surface area contributed by atoms with E-state index in [-0.39, 0.29) is 5.60 Å². The molecule has 0 bridgehead atoms. The number of rotatable bonds is 2. The highest BCUT2D eigenvalue weighted by Crippen LogP contribution is 2.28. The number of fused-ring (bicyclic) bond motifs is 1. The van der Waals surface area contributed by atoms with Crippen LogP contribution in [0.3, 0.4) is 0 Å². The Kier molecular flexibility index (Phi) is 4.62. The largest absolute Gasteiger partial charge is 0.408 e. The molecule has 128 valence electrons. The number of benzene rings is 2. The average Bonchev–Trinajstić information content (AvgIpc) is 2.64. The molecule has 0 amide bonds. The van der Waals surface area contributed by atoms with Gasteiger partial charge in [-0.1, -0.05) is 77.9 Å². The molecule has 1 aliphatic rings. The Morgan fingerprint density at radius 3 is 2.00 bits per heavy atom. The standard InChI is InChI=1S/C21H30OSi2/c1-21(2,3)22-24(5)17-11-16-23(4,18-12-7-6-8-13-18)19-14-9-10-15-20(19)24/h6-10,12-15H,11,16-17H2,1-5H3/t23-,24+/m1/s1. The molecule has 0 saturated heterocycles. The van der Waals surface area contributed by atoms with Crippen molar-refractivity contribution in [3.8, 4) is 0 Å². The van der Waals surface area contributed by atoms with Gasteiger partial charge >= 0.3 is 0 Å². The van der Waals surface area contributed by atoms with E-state index < -0.39 is 16.4 Å². The molecule has 0 N–H and O–H groups in total.